The van der Waals surface area contributed by atoms with Crippen molar-refractivity contribution in [3.63, 3.8) is 0 Å². The Hall–Kier alpha value is -2.34. The van der Waals surface area contributed by atoms with Gasteiger partial charge in [0.1, 0.15) is 12.4 Å². The summed E-state index contributed by atoms with van der Waals surface area (Å²) in [7, 11) is 0. The molecule has 0 saturated carbocycles. The van der Waals surface area contributed by atoms with Crippen molar-refractivity contribution in [2.75, 3.05) is 19.7 Å². The van der Waals surface area contributed by atoms with Crippen molar-refractivity contribution in [3.05, 3.63) is 51.7 Å². The molecule has 0 bridgehead atoms. The summed E-state index contributed by atoms with van der Waals surface area (Å²) >= 11 is 1.74. The molecular weight excluding hydrogens is 408 g/mol. The second-order valence-corrected chi connectivity index (χ2v) is 9.59. The lowest BCUT2D eigenvalue weighted by Crippen LogP contribution is -2.49. The molecule has 168 valence electrons. The van der Waals surface area contributed by atoms with E-state index in [0.717, 1.165) is 18.6 Å². The van der Waals surface area contributed by atoms with Crippen molar-refractivity contribution in [3.8, 4) is 5.75 Å². The molecule has 0 spiro atoms. The zero-order chi connectivity index (χ0) is 22.5. The Morgan fingerprint density at radius 1 is 1.19 bits per heavy atom. The Labute approximate surface area is 190 Å². The highest BCUT2D eigenvalue weighted by atomic mass is 32.1. The van der Waals surface area contributed by atoms with Gasteiger partial charge in [0.25, 0.3) is 0 Å². The molecule has 0 aliphatic carbocycles. The Balaban J connectivity index is 1.76. The van der Waals surface area contributed by atoms with E-state index in [1.807, 2.05) is 30.9 Å². The van der Waals surface area contributed by atoms with Crippen LogP contribution in [0.5, 0.6) is 5.75 Å². The predicted molar refractivity (Wildman–Crippen MR) is 126 cm³/mol. The number of fused-ring (bicyclic) bond motifs is 1. The van der Waals surface area contributed by atoms with E-state index >= 15 is 0 Å². The van der Waals surface area contributed by atoms with Crippen LogP contribution < -0.4 is 4.74 Å². The molecule has 2 aromatic rings. The molecule has 0 saturated heterocycles. The number of hydrogen-bond donors (Lipinski definition) is 0. The van der Waals surface area contributed by atoms with Gasteiger partial charge in [-0.3, -0.25) is 9.59 Å². The topological polar surface area (TPSA) is 49.9 Å². The summed E-state index contributed by atoms with van der Waals surface area (Å²) < 4.78 is 6.14. The summed E-state index contributed by atoms with van der Waals surface area (Å²) in [5.41, 5.74) is 2.44. The lowest BCUT2D eigenvalue weighted by molar-refractivity contribution is -0.143. The average molecular weight is 443 g/mol. The summed E-state index contributed by atoms with van der Waals surface area (Å²) in [4.78, 5) is 30.3. The van der Waals surface area contributed by atoms with Crippen molar-refractivity contribution in [2.45, 2.75) is 65.5 Å². The standard InChI is InChI=1S/C25H34N2O3S/c1-6-18(4)27(19(5)28)15-25(29)26-13-11-24-22(12-14-31-24)23(26)16-30-21-9-7-20(8-10-21)17(2)3/h7-10,12,14,17-18,23H,6,11,13,15-16H2,1-5H3/t18-,23-/m0/s1. The van der Waals surface area contributed by atoms with Crippen molar-refractivity contribution in [2.24, 2.45) is 0 Å². The second-order valence-electron chi connectivity index (χ2n) is 8.59. The number of ether oxygens (including phenoxy) is 1. The van der Waals surface area contributed by atoms with Gasteiger partial charge in [0.2, 0.25) is 11.8 Å². The SMILES string of the molecule is CC[C@H](C)N(CC(=O)N1CCc2sccc2[C@@H]1COc1ccc(C(C)C)cc1)C(C)=O. The maximum atomic E-state index is 13.3. The smallest absolute Gasteiger partial charge is 0.242 e. The van der Waals surface area contributed by atoms with Crippen LogP contribution in [-0.2, 0) is 16.0 Å². The molecule has 0 unspecified atom stereocenters. The molecule has 3 rings (SSSR count). The summed E-state index contributed by atoms with van der Waals surface area (Å²) in [5.74, 6) is 1.21. The lowest BCUT2D eigenvalue weighted by Gasteiger charge is -2.37. The monoisotopic (exact) mass is 442 g/mol. The molecule has 5 nitrogen and oxygen atoms in total. The molecule has 31 heavy (non-hydrogen) atoms. The van der Waals surface area contributed by atoms with Gasteiger partial charge in [-0.1, -0.05) is 32.9 Å². The van der Waals surface area contributed by atoms with Crippen molar-refractivity contribution in [1.29, 1.82) is 0 Å². The molecule has 2 heterocycles. The number of hydrogen-bond acceptors (Lipinski definition) is 4. The number of nitrogens with zero attached hydrogens (tertiary/aromatic N) is 2. The molecule has 1 aliphatic rings. The van der Waals surface area contributed by atoms with Gasteiger partial charge in [0.05, 0.1) is 12.6 Å². The highest BCUT2D eigenvalue weighted by molar-refractivity contribution is 7.10. The van der Waals surface area contributed by atoms with E-state index in [1.54, 1.807) is 16.2 Å². The van der Waals surface area contributed by atoms with Crippen molar-refractivity contribution < 1.29 is 14.3 Å². The first-order chi connectivity index (χ1) is 14.8. The molecule has 1 aliphatic heterocycles. The number of carbonyl (C=O) groups is 2. The fraction of sp³-hybridized carbons (Fsp3) is 0.520. The highest BCUT2D eigenvalue weighted by Gasteiger charge is 2.33. The van der Waals surface area contributed by atoms with E-state index in [4.69, 9.17) is 4.74 Å². The number of rotatable bonds is 8. The number of benzene rings is 1. The maximum Gasteiger partial charge on any atom is 0.242 e. The van der Waals surface area contributed by atoms with E-state index in [9.17, 15) is 9.59 Å². The zero-order valence-electron chi connectivity index (χ0n) is 19.3. The van der Waals surface area contributed by atoms with E-state index in [1.165, 1.54) is 22.9 Å². The predicted octanol–water partition coefficient (Wildman–Crippen LogP) is 5.02. The fourth-order valence-corrected chi connectivity index (χ4v) is 4.96. The van der Waals surface area contributed by atoms with E-state index in [2.05, 4.69) is 37.4 Å². The van der Waals surface area contributed by atoms with Crippen LogP contribution >= 0.6 is 11.3 Å². The third-order valence-corrected chi connectivity index (χ3v) is 7.20. The van der Waals surface area contributed by atoms with Gasteiger partial charge in [-0.05, 0) is 60.4 Å². The molecular formula is C25H34N2O3S. The minimum atomic E-state index is -0.141. The van der Waals surface area contributed by atoms with Crippen LogP contribution in [0.15, 0.2) is 35.7 Å². The molecule has 0 N–H and O–H groups in total. The number of carbonyl (C=O) groups excluding carboxylic acids is 2. The van der Waals surface area contributed by atoms with Crippen LogP contribution in [-0.4, -0.2) is 47.4 Å². The first-order valence-electron chi connectivity index (χ1n) is 11.2. The van der Waals surface area contributed by atoms with E-state index in [-0.39, 0.29) is 30.4 Å². The molecule has 2 amide bonds. The summed E-state index contributed by atoms with van der Waals surface area (Å²) in [5, 5.41) is 2.09. The van der Waals surface area contributed by atoms with Crippen LogP contribution in [0.3, 0.4) is 0 Å². The molecule has 0 fully saturated rings. The normalized spacial score (nSPS) is 16.7. The van der Waals surface area contributed by atoms with Gasteiger partial charge in [-0.15, -0.1) is 11.3 Å². The largest absolute Gasteiger partial charge is 0.491 e. The molecule has 1 aromatic heterocycles. The first kappa shape index (κ1) is 23.3. The van der Waals surface area contributed by atoms with Crippen LogP contribution in [0.2, 0.25) is 0 Å². The minimum Gasteiger partial charge on any atom is -0.491 e. The summed E-state index contributed by atoms with van der Waals surface area (Å²) in [6, 6.07) is 10.2. The van der Waals surface area contributed by atoms with Crippen LogP contribution in [0.1, 0.15) is 69.0 Å². The molecule has 1 aromatic carbocycles. The van der Waals surface area contributed by atoms with Crippen molar-refractivity contribution in [1.82, 2.24) is 9.80 Å². The molecule has 2 atom stereocenters. The Morgan fingerprint density at radius 3 is 2.52 bits per heavy atom. The zero-order valence-corrected chi connectivity index (χ0v) is 20.1. The van der Waals surface area contributed by atoms with Gasteiger partial charge in [-0.25, -0.2) is 0 Å². The van der Waals surface area contributed by atoms with Gasteiger partial charge in [-0.2, -0.15) is 0 Å². The van der Waals surface area contributed by atoms with Crippen LogP contribution in [0, 0.1) is 0 Å². The Bertz CT molecular complexity index is 890. The summed E-state index contributed by atoms with van der Waals surface area (Å²) in [6.45, 7) is 11.1. The van der Waals surface area contributed by atoms with Gasteiger partial charge in [0.15, 0.2) is 0 Å². The molecule has 6 heteroatoms. The number of thiophene rings is 1. The minimum absolute atomic E-state index is 0.0175. The van der Waals surface area contributed by atoms with Crippen LogP contribution in [0.25, 0.3) is 0 Å². The Morgan fingerprint density at radius 2 is 1.90 bits per heavy atom. The van der Waals surface area contributed by atoms with Gasteiger partial charge < -0.3 is 14.5 Å². The van der Waals surface area contributed by atoms with E-state index < -0.39 is 0 Å². The maximum absolute atomic E-state index is 13.3. The number of amides is 2. The van der Waals surface area contributed by atoms with Gasteiger partial charge in [0, 0.05) is 24.4 Å². The second kappa shape index (κ2) is 10.3. The van der Waals surface area contributed by atoms with Gasteiger partial charge >= 0.3 is 0 Å². The summed E-state index contributed by atoms with van der Waals surface area (Å²) in [6.07, 6.45) is 1.67. The molecule has 0 radical (unpaired) electrons. The van der Waals surface area contributed by atoms with Crippen LogP contribution in [0.4, 0.5) is 0 Å². The first-order valence-corrected chi connectivity index (χ1v) is 12.1. The third kappa shape index (κ3) is 5.48. The average Bonchev–Trinajstić information content (AvgIpc) is 3.24. The fourth-order valence-electron chi connectivity index (χ4n) is 4.03. The van der Waals surface area contributed by atoms with Crippen molar-refractivity contribution >= 4 is 23.2 Å². The quantitative estimate of drug-likeness (QED) is 0.577. The lowest BCUT2D eigenvalue weighted by atomic mass is 10.00. The third-order valence-electron chi connectivity index (χ3n) is 6.20. The highest BCUT2D eigenvalue weighted by Crippen LogP contribution is 2.34. The van der Waals surface area contributed by atoms with E-state index in [0.29, 0.717) is 19.1 Å². The Kier molecular flexibility index (Phi) is 7.76.